The molecule has 0 radical (unpaired) electrons. The van der Waals surface area contributed by atoms with E-state index in [4.69, 9.17) is 0 Å². The van der Waals surface area contributed by atoms with Crippen molar-refractivity contribution in [2.24, 2.45) is 0 Å². The summed E-state index contributed by atoms with van der Waals surface area (Å²) < 4.78 is 4.81. The maximum atomic E-state index is 2.57. The van der Waals surface area contributed by atoms with Crippen molar-refractivity contribution in [2.45, 2.75) is 5.41 Å². The van der Waals surface area contributed by atoms with Crippen molar-refractivity contribution in [1.82, 2.24) is 9.13 Å². The Hall–Kier alpha value is -9.18. The van der Waals surface area contributed by atoms with Crippen molar-refractivity contribution in [2.75, 3.05) is 4.90 Å². The van der Waals surface area contributed by atoms with Crippen molar-refractivity contribution < 1.29 is 0 Å². The van der Waals surface area contributed by atoms with Crippen molar-refractivity contribution in [3.05, 3.63) is 283 Å². The number of fused-ring (bicyclic) bond motifs is 16. The van der Waals surface area contributed by atoms with Crippen molar-refractivity contribution in [1.29, 1.82) is 0 Å². The lowest BCUT2D eigenvalue weighted by Crippen LogP contribution is -2.28. The van der Waals surface area contributed by atoms with Crippen LogP contribution >= 0.6 is 0 Å². The molecule has 1 spiro atoms. The summed E-state index contributed by atoms with van der Waals surface area (Å²) in [5.41, 5.74) is 22.7. The second-order valence-electron chi connectivity index (χ2n) is 18.7. The fraction of sp³-hybridized carbons (Fsp3) is 0.0149. The van der Waals surface area contributed by atoms with Crippen LogP contribution in [0.1, 0.15) is 22.3 Å². The number of aromatic nitrogens is 2. The Bertz CT molecular complexity index is 4170. The molecule has 2 heterocycles. The Labute approximate surface area is 406 Å². The van der Waals surface area contributed by atoms with Crippen LogP contribution in [-0.2, 0) is 5.41 Å². The molecule has 326 valence electrons. The third kappa shape index (κ3) is 5.29. The predicted molar refractivity (Wildman–Crippen MR) is 292 cm³/mol. The van der Waals surface area contributed by atoms with Gasteiger partial charge in [-0.3, -0.25) is 0 Å². The average Bonchev–Trinajstić information content (AvgIpc) is 4.14. The molecule has 2 aromatic heterocycles. The molecule has 3 heteroatoms. The van der Waals surface area contributed by atoms with Crippen LogP contribution in [0.3, 0.4) is 0 Å². The van der Waals surface area contributed by atoms with Gasteiger partial charge < -0.3 is 14.0 Å². The Kier molecular flexibility index (Phi) is 8.28. The van der Waals surface area contributed by atoms with E-state index < -0.39 is 5.41 Å². The molecule has 0 saturated heterocycles. The van der Waals surface area contributed by atoms with E-state index in [1.165, 1.54) is 93.7 Å². The molecule has 15 rings (SSSR count). The van der Waals surface area contributed by atoms with Crippen LogP contribution in [0, 0.1) is 0 Å². The second kappa shape index (κ2) is 14.9. The zero-order chi connectivity index (χ0) is 45.9. The highest BCUT2D eigenvalue weighted by Crippen LogP contribution is 2.65. The molecule has 3 nitrogen and oxygen atoms in total. The fourth-order valence-corrected chi connectivity index (χ4v) is 12.6. The molecule has 2 aliphatic rings. The summed E-state index contributed by atoms with van der Waals surface area (Å²) in [6.07, 6.45) is 0. The highest BCUT2D eigenvalue weighted by molar-refractivity contribution is 6.17. The fourth-order valence-electron chi connectivity index (χ4n) is 12.6. The summed E-state index contributed by atoms with van der Waals surface area (Å²) >= 11 is 0. The number of nitrogens with zero attached hydrogens (tertiary/aromatic N) is 3. The maximum Gasteiger partial charge on any atom is 0.0746 e. The van der Waals surface area contributed by atoms with E-state index >= 15 is 0 Å². The molecule has 0 bridgehead atoms. The third-order valence-corrected chi connectivity index (χ3v) is 15.3. The Morgan fingerprint density at radius 2 is 0.757 bits per heavy atom. The predicted octanol–water partition coefficient (Wildman–Crippen LogP) is 17.4. The van der Waals surface area contributed by atoms with Gasteiger partial charge in [0.2, 0.25) is 0 Å². The molecule has 0 fully saturated rings. The van der Waals surface area contributed by atoms with Crippen LogP contribution in [0.25, 0.3) is 88.4 Å². The second-order valence-corrected chi connectivity index (χ2v) is 18.7. The summed E-state index contributed by atoms with van der Waals surface area (Å²) in [7, 11) is 0. The van der Waals surface area contributed by atoms with Gasteiger partial charge in [0.05, 0.1) is 38.9 Å². The van der Waals surface area contributed by atoms with Crippen molar-refractivity contribution >= 4 is 60.7 Å². The summed E-state index contributed by atoms with van der Waals surface area (Å²) in [5.74, 6) is 0. The molecule has 2 aliphatic carbocycles. The van der Waals surface area contributed by atoms with Crippen LogP contribution in [0.4, 0.5) is 17.1 Å². The number of benzene rings is 11. The molecular formula is C67H43N3. The van der Waals surface area contributed by atoms with Gasteiger partial charge in [0.25, 0.3) is 0 Å². The lowest BCUT2D eigenvalue weighted by atomic mass is 9.70. The van der Waals surface area contributed by atoms with Gasteiger partial charge >= 0.3 is 0 Å². The standard InChI is InChI=1S/C67H43N3/c1-3-19-46(20-4-1)68-59-32-15-10-26-52(59)55-43-45(39-42-61(55)68)44-37-40-48(41-38-44)70(63-35-18-34-62-65(63)54-27-11-16-33-60(54)69(62)47-21-5-2-6-22-47)64-36-17-28-53-51-25-9-14-31-58(51)67(66(53)64)56-29-12-7-23-49(56)50-24-8-13-30-57(50)67/h1-43H. The van der Waals surface area contributed by atoms with Gasteiger partial charge in [-0.15, -0.1) is 0 Å². The van der Waals surface area contributed by atoms with Gasteiger partial charge in [-0.25, -0.2) is 0 Å². The Balaban J connectivity index is 0.993. The Morgan fingerprint density at radius 1 is 0.300 bits per heavy atom. The first-order valence-corrected chi connectivity index (χ1v) is 24.3. The number of anilines is 3. The van der Waals surface area contributed by atoms with Crippen LogP contribution in [0.5, 0.6) is 0 Å². The molecule has 0 unspecified atom stereocenters. The topological polar surface area (TPSA) is 13.1 Å². The van der Waals surface area contributed by atoms with E-state index in [2.05, 4.69) is 275 Å². The van der Waals surface area contributed by atoms with Gasteiger partial charge in [0.1, 0.15) is 0 Å². The lowest BCUT2D eigenvalue weighted by molar-refractivity contribution is 0.793. The minimum atomic E-state index is -0.547. The van der Waals surface area contributed by atoms with Crippen molar-refractivity contribution in [3.8, 4) is 44.8 Å². The summed E-state index contributed by atoms with van der Waals surface area (Å²) in [6.45, 7) is 0. The Morgan fingerprint density at radius 3 is 1.41 bits per heavy atom. The summed E-state index contributed by atoms with van der Waals surface area (Å²) in [5, 5.41) is 4.91. The van der Waals surface area contributed by atoms with E-state index in [1.54, 1.807) is 0 Å². The molecule has 0 N–H and O–H groups in total. The van der Waals surface area contributed by atoms with E-state index in [1.807, 2.05) is 0 Å². The van der Waals surface area contributed by atoms with Gasteiger partial charge in [0, 0.05) is 44.2 Å². The van der Waals surface area contributed by atoms with Crippen LogP contribution in [-0.4, -0.2) is 9.13 Å². The summed E-state index contributed by atoms with van der Waals surface area (Å²) in [6, 6.07) is 96.6. The maximum absolute atomic E-state index is 2.57. The molecule has 13 aromatic rings. The van der Waals surface area contributed by atoms with Gasteiger partial charge in [0.15, 0.2) is 0 Å². The average molecular weight is 890 g/mol. The minimum absolute atomic E-state index is 0.547. The first kappa shape index (κ1) is 38.9. The molecule has 0 saturated carbocycles. The number of para-hydroxylation sites is 4. The zero-order valence-electron chi connectivity index (χ0n) is 38.2. The smallest absolute Gasteiger partial charge is 0.0746 e. The normalized spacial score (nSPS) is 13.0. The highest BCUT2D eigenvalue weighted by Gasteiger charge is 2.53. The van der Waals surface area contributed by atoms with Gasteiger partial charge in [-0.2, -0.15) is 0 Å². The lowest BCUT2D eigenvalue weighted by Gasteiger charge is -2.36. The van der Waals surface area contributed by atoms with E-state index in [0.717, 1.165) is 34.0 Å². The molecule has 0 atom stereocenters. The van der Waals surface area contributed by atoms with Gasteiger partial charge in [-0.1, -0.05) is 182 Å². The highest BCUT2D eigenvalue weighted by atomic mass is 15.2. The molecule has 11 aromatic carbocycles. The third-order valence-electron chi connectivity index (χ3n) is 15.3. The number of hydrogen-bond donors (Lipinski definition) is 0. The monoisotopic (exact) mass is 889 g/mol. The molecule has 70 heavy (non-hydrogen) atoms. The molecule has 0 aliphatic heterocycles. The van der Waals surface area contributed by atoms with Crippen molar-refractivity contribution in [3.63, 3.8) is 0 Å². The number of hydrogen-bond acceptors (Lipinski definition) is 1. The first-order valence-electron chi connectivity index (χ1n) is 24.3. The van der Waals surface area contributed by atoms with Crippen LogP contribution in [0.2, 0.25) is 0 Å². The quantitative estimate of drug-likeness (QED) is 0.162. The largest absolute Gasteiger partial charge is 0.309 e. The summed E-state index contributed by atoms with van der Waals surface area (Å²) in [4.78, 5) is 2.57. The van der Waals surface area contributed by atoms with E-state index in [-0.39, 0.29) is 0 Å². The minimum Gasteiger partial charge on any atom is -0.309 e. The zero-order valence-corrected chi connectivity index (χ0v) is 38.2. The van der Waals surface area contributed by atoms with E-state index in [0.29, 0.717) is 0 Å². The van der Waals surface area contributed by atoms with Crippen LogP contribution < -0.4 is 4.90 Å². The SMILES string of the molecule is c1ccc(-n2c3ccccc3c3cc(-c4ccc(N(c5cccc6c5C5(c7ccccc7-c7ccccc75)c5ccccc5-6)c5cccc6c5c5ccccc5n6-c5ccccc5)cc4)ccc32)cc1. The van der Waals surface area contributed by atoms with Crippen LogP contribution in [0.15, 0.2) is 261 Å². The van der Waals surface area contributed by atoms with Gasteiger partial charge in [-0.05, 0) is 129 Å². The molecular weight excluding hydrogens is 847 g/mol. The molecule has 0 amide bonds. The first-order chi connectivity index (χ1) is 34.8. The number of rotatable bonds is 6. The van der Waals surface area contributed by atoms with E-state index in [9.17, 15) is 0 Å².